The van der Waals surface area contributed by atoms with Gasteiger partial charge in [0.2, 0.25) is 0 Å². The smallest absolute Gasteiger partial charge is 0.161 e. The van der Waals surface area contributed by atoms with E-state index in [4.69, 9.17) is 0 Å². The van der Waals surface area contributed by atoms with Gasteiger partial charge in [-0.3, -0.25) is 4.79 Å². The summed E-state index contributed by atoms with van der Waals surface area (Å²) in [5.41, 5.74) is 2.95. The van der Waals surface area contributed by atoms with Crippen LogP contribution in [0, 0.1) is 0 Å². The summed E-state index contributed by atoms with van der Waals surface area (Å²) in [5, 5.41) is 0. The summed E-state index contributed by atoms with van der Waals surface area (Å²) in [5.74, 6) is 0.0956. The molecule has 0 aliphatic carbocycles. The number of benzene rings is 2. The molecular formula is C16H16BrNO. The van der Waals surface area contributed by atoms with Gasteiger partial charge in [0.1, 0.15) is 0 Å². The minimum Gasteiger partial charge on any atom is -0.370 e. The Bertz CT molecular complexity index is 578. The van der Waals surface area contributed by atoms with Gasteiger partial charge in [0.15, 0.2) is 5.78 Å². The Kier molecular flexibility index (Phi) is 4.38. The molecule has 2 rings (SSSR count). The molecule has 0 radical (unpaired) electrons. The predicted octanol–water partition coefficient (Wildman–Crippen LogP) is 4.29. The maximum absolute atomic E-state index is 11.6. The number of ketones is 1. The van der Waals surface area contributed by atoms with E-state index in [2.05, 4.69) is 33.0 Å². The van der Waals surface area contributed by atoms with E-state index >= 15 is 0 Å². The highest BCUT2D eigenvalue weighted by atomic mass is 79.9. The second kappa shape index (κ2) is 6.02. The van der Waals surface area contributed by atoms with E-state index in [1.54, 1.807) is 6.92 Å². The van der Waals surface area contributed by atoms with Crippen molar-refractivity contribution in [3.63, 3.8) is 0 Å². The third kappa shape index (κ3) is 3.44. The number of carbonyl (C=O) groups is 1. The first kappa shape index (κ1) is 13.8. The van der Waals surface area contributed by atoms with Crippen LogP contribution in [0.1, 0.15) is 22.8 Å². The van der Waals surface area contributed by atoms with Crippen molar-refractivity contribution in [2.45, 2.75) is 13.5 Å². The second-order valence-corrected chi connectivity index (χ2v) is 5.47. The number of para-hydroxylation sites is 1. The third-order valence-corrected chi connectivity index (χ3v) is 3.56. The highest BCUT2D eigenvalue weighted by molar-refractivity contribution is 9.10. The van der Waals surface area contributed by atoms with Gasteiger partial charge in [0.05, 0.1) is 0 Å². The molecule has 0 aromatic heterocycles. The number of rotatable bonds is 4. The molecule has 2 aromatic rings. The van der Waals surface area contributed by atoms with Crippen LogP contribution in [0.4, 0.5) is 5.69 Å². The van der Waals surface area contributed by atoms with Crippen LogP contribution in [0.25, 0.3) is 0 Å². The molecular weight excluding hydrogens is 302 g/mol. The lowest BCUT2D eigenvalue weighted by atomic mass is 10.1. The van der Waals surface area contributed by atoms with Gasteiger partial charge in [-0.05, 0) is 36.8 Å². The Labute approximate surface area is 122 Å². The first-order valence-corrected chi connectivity index (χ1v) is 6.93. The summed E-state index contributed by atoms with van der Waals surface area (Å²) in [4.78, 5) is 13.7. The zero-order valence-electron chi connectivity index (χ0n) is 11.1. The Hall–Kier alpha value is -1.61. The van der Waals surface area contributed by atoms with Crippen molar-refractivity contribution >= 4 is 27.4 Å². The van der Waals surface area contributed by atoms with Crippen molar-refractivity contribution in [1.29, 1.82) is 0 Å². The molecule has 2 aromatic carbocycles. The summed E-state index contributed by atoms with van der Waals surface area (Å²) in [6, 6.07) is 15.9. The van der Waals surface area contributed by atoms with Gasteiger partial charge >= 0.3 is 0 Å². The third-order valence-electron chi connectivity index (χ3n) is 3.03. The number of hydrogen-bond donors (Lipinski definition) is 0. The molecule has 0 atom stereocenters. The number of Topliss-reactive ketones (excluding diaryl/α,β-unsaturated/α-hetero) is 1. The number of nitrogens with zero attached hydrogens (tertiary/aromatic N) is 1. The average Bonchev–Trinajstić information content (AvgIpc) is 2.41. The molecule has 0 spiro atoms. The van der Waals surface area contributed by atoms with Crippen molar-refractivity contribution in [1.82, 2.24) is 0 Å². The van der Waals surface area contributed by atoms with E-state index in [-0.39, 0.29) is 5.78 Å². The van der Waals surface area contributed by atoms with Crippen molar-refractivity contribution in [3.05, 3.63) is 64.1 Å². The van der Waals surface area contributed by atoms with Gasteiger partial charge in [0.25, 0.3) is 0 Å². The van der Waals surface area contributed by atoms with Crippen LogP contribution in [0.5, 0.6) is 0 Å². The average molecular weight is 318 g/mol. The van der Waals surface area contributed by atoms with Gasteiger partial charge in [-0.15, -0.1) is 0 Å². The molecule has 0 fully saturated rings. The fourth-order valence-corrected chi connectivity index (χ4v) is 2.32. The standard InChI is InChI=1S/C16H16BrNO/c1-12(19)15-5-3-4-6-16(15)18(2)11-13-7-9-14(17)10-8-13/h3-10H,11H2,1-2H3. The number of carbonyl (C=O) groups excluding carboxylic acids is 1. The van der Waals surface area contributed by atoms with Crippen LogP contribution in [-0.2, 0) is 6.54 Å². The first-order valence-electron chi connectivity index (χ1n) is 6.13. The van der Waals surface area contributed by atoms with Crippen molar-refractivity contribution < 1.29 is 4.79 Å². The molecule has 98 valence electrons. The molecule has 0 aliphatic rings. The normalized spacial score (nSPS) is 10.3. The van der Waals surface area contributed by atoms with E-state index in [0.717, 1.165) is 22.3 Å². The molecule has 0 N–H and O–H groups in total. The molecule has 0 unspecified atom stereocenters. The lowest BCUT2D eigenvalue weighted by Crippen LogP contribution is -2.18. The van der Waals surface area contributed by atoms with Gasteiger partial charge in [-0.1, -0.05) is 40.2 Å². The lowest BCUT2D eigenvalue weighted by molar-refractivity contribution is 0.101. The van der Waals surface area contributed by atoms with Gasteiger partial charge < -0.3 is 4.90 Å². The minimum absolute atomic E-state index is 0.0956. The zero-order valence-corrected chi connectivity index (χ0v) is 12.6. The molecule has 19 heavy (non-hydrogen) atoms. The first-order chi connectivity index (χ1) is 9.08. The number of anilines is 1. The Morgan fingerprint density at radius 3 is 2.37 bits per heavy atom. The Morgan fingerprint density at radius 2 is 1.74 bits per heavy atom. The molecule has 0 bridgehead atoms. The summed E-state index contributed by atoms with van der Waals surface area (Å²) in [6.45, 7) is 2.38. The second-order valence-electron chi connectivity index (χ2n) is 4.56. The Balaban J connectivity index is 2.22. The topological polar surface area (TPSA) is 20.3 Å². The largest absolute Gasteiger partial charge is 0.370 e. The summed E-state index contributed by atoms with van der Waals surface area (Å²) in [6.07, 6.45) is 0. The van der Waals surface area contributed by atoms with Crippen LogP contribution >= 0.6 is 15.9 Å². The molecule has 0 heterocycles. The molecule has 0 saturated heterocycles. The molecule has 0 amide bonds. The van der Waals surface area contributed by atoms with Crippen molar-refractivity contribution in [2.75, 3.05) is 11.9 Å². The number of hydrogen-bond acceptors (Lipinski definition) is 2. The van der Waals surface area contributed by atoms with Crippen LogP contribution in [0.15, 0.2) is 53.0 Å². The van der Waals surface area contributed by atoms with E-state index in [0.29, 0.717) is 0 Å². The molecule has 0 saturated carbocycles. The van der Waals surface area contributed by atoms with E-state index in [1.165, 1.54) is 5.56 Å². The summed E-state index contributed by atoms with van der Waals surface area (Å²) < 4.78 is 1.07. The van der Waals surface area contributed by atoms with Crippen molar-refractivity contribution in [2.24, 2.45) is 0 Å². The van der Waals surface area contributed by atoms with E-state index in [9.17, 15) is 4.79 Å². The van der Waals surface area contributed by atoms with Gasteiger partial charge in [-0.25, -0.2) is 0 Å². The predicted molar refractivity (Wildman–Crippen MR) is 82.7 cm³/mol. The maximum Gasteiger partial charge on any atom is 0.161 e. The van der Waals surface area contributed by atoms with Crippen LogP contribution in [0.2, 0.25) is 0 Å². The van der Waals surface area contributed by atoms with Gasteiger partial charge in [0, 0.05) is 29.3 Å². The number of halogens is 1. The van der Waals surface area contributed by atoms with Crippen LogP contribution in [-0.4, -0.2) is 12.8 Å². The van der Waals surface area contributed by atoms with E-state index in [1.807, 2.05) is 43.4 Å². The SMILES string of the molecule is CC(=O)c1ccccc1N(C)Cc1ccc(Br)cc1. The van der Waals surface area contributed by atoms with Crippen LogP contribution < -0.4 is 4.90 Å². The van der Waals surface area contributed by atoms with Crippen molar-refractivity contribution in [3.8, 4) is 0 Å². The molecule has 3 heteroatoms. The maximum atomic E-state index is 11.6. The minimum atomic E-state index is 0.0956. The molecule has 0 aliphatic heterocycles. The van der Waals surface area contributed by atoms with Gasteiger partial charge in [-0.2, -0.15) is 0 Å². The Morgan fingerprint density at radius 1 is 1.11 bits per heavy atom. The lowest BCUT2D eigenvalue weighted by Gasteiger charge is -2.21. The zero-order chi connectivity index (χ0) is 13.8. The van der Waals surface area contributed by atoms with Crippen LogP contribution in [0.3, 0.4) is 0 Å². The summed E-state index contributed by atoms with van der Waals surface area (Å²) in [7, 11) is 2.00. The fraction of sp³-hybridized carbons (Fsp3) is 0.188. The quantitative estimate of drug-likeness (QED) is 0.784. The highest BCUT2D eigenvalue weighted by Gasteiger charge is 2.10. The summed E-state index contributed by atoms with van der Waals surface area (Å²) >= 11 is 3.43. The molecule has 2 nitrogen and oxygen atoms in total. The highest BCUT2D eigenvalue weighted by Crippen LogP contribution is 2.22. The monoisotopic (exact) mass is 317 g/mol. The van der Waals surface area contributed by atoms with E-state index < -0.39 is 0 Å². The fourth-order valence-electron chi connectivity index (χ4n) is 2.05.